The SMILES string of the molecule is COc1cccc(OC)c1[C@@H](C)O. The predicted octanol–water partition coefficient (Wildman–Crippen LogP) is 1.76. The van der Waals surface area contributed by atoms with E-state index in [1.165, 1.54) is 0 Å². The molecule has 0 aliphatic rings. The van der Waals surface area contributed by atoms with E-state index in [2.05, 4.69) is 0 Å². The molecule has 0 unspecified atom stereocenters. The van der Waals surface area contributed by atoms with Crippen molar-refractivity contribution in [3.8, 4) is 11.5 Å². The van der Waals surface area contributed by atoms with Crippen LogP contribution in [0.3, 0.4) is 0 Å². The average molecular weight is 182 g/mol. The summed E-state index contributed by atoms with van der Waals surface area (Å²) in [7, 11) is 3.14. The van der Waals surface area contributed by atoms with E-state index in [1.54, 1.807) is 33.3 Å². The van der Waals surface area contributed by atoms with Crippen molar-refractivity contribution in [3.05, 3.63) is 23.8 Å². The highest BCUT2D eigenvalue weighted by Crippen LogP contribution is 2.33. The van der Waals surface area contributed by atoms with Crippen LogP contribution < -0.4 is 9.47 Å². The molecule has 1 N–H and O–H groups in total. The lowest BCUT2D eigenvalue weighted by molar-refractivity contribution is 0.189. The van der Waals surface area contributed by atoms with E-state index >= 15 is 0 Å². The van der Waals surface area contributed by atoms with Gasteiger partial charge in [-0.2, -0.15) is 0 Å². The van der Waals surface area contributed by atoms with Crippen molar-refractivity contribution >= 4 is 0 Å². The second kappa shape index (κ2) is 4.14. The number of aliphatic hydroxyl groups excluding tert-OH is 1. The zero-order chi connectivity index (χ0) is 9.84. The van der Waals surface area contributed by atoms with Crippen LogP contribution in [0.25, 0.3) is 0 Å². The molecule has 0 saturated carbocycles. The van der Waals surface area contributed by atoms with Crippen LogP contribution in [0.1, 0.15) is 18.6 Å². The molecule has 0 spiro atoms. The fourth-order valence-corrected chi connectivity index (χ4v) is 1.29. The molecular weight excluding hydrogens is 168 g/mol. The second-order valence-electron chi connectivity index (χ2n) is 2.75. The molecule has 72 valence electrons. The highest BCUT2D eigenvalue weighted by Gasteiger charge is 2.13. The normalized spacial score (nSPS) is 12.3. The Morgan fingerprint density at radius 2 is 1.62 bits per heavy atom. The summed E-state index contributed by atoms with van der Waals surface area (Å²) in [6, 6.07) is 5.42. The monoisotopic (exact) mass is 182 g/mol. The first-order valence-electron chi connectivity index (χ1n) is 4.09. The molecule has 0 radical (unpaired) electrons. The van der Waals surface area contributed by atoms with Crippen molar-refractivity contribution in [2.24, 2.45) is 0 Å². The van der Waals surface area contributed by atoms with E-state index in [-0.39, 0.29) is 0 Å². The lowest BCUT2D eigenvalue weighted by Crippen LogP contribution is -1.99. The molecule has 1 aromatic carbocycles. The molecule has 0 aliphatic heterocycles. The number of benzene rings is 1. The van der Waals surface area contributed by atoms with Gasteiger partial charge in [0.1, 0.15) is 11.5 Å². The van der Waals surface area contributed by atoms with Crippen LogP contribution in [0.15, 0.2) is 18.2 Å². The van der Waals surface area contributed by atoms with Gasteiger partial charge in [0, 0.05) is 0 Å². The third-order valence-electron chi connectivity index (χ3n) is 1.88. The summed E-state index contributed by atoms with van der Waals surface area (Å²) >= 11 is 0. The van der Waals surface area contributed by atoms with Crippen LogP contribution >= 0.6 is 0 Å². The second-order valence-corrected chi connectivity index (χ2v) is 2.75. The fraction of sp³-hybridized carbons (Fsp3) is 0.400. The van der Waals surface area contributed by atoms with E-state index in [4.69, 9.17) is 9.47 Å². The zero-order valence-electron chi connectivity index (χ0n) is 8.07. The number of aliphatic hydroxyl groups is 1. The first-order valence-corrected chi connectivity index (χ1v) is 4.09. The Bertz CT molecular complexity index is 259. The highest BCUT2D eigenvalue weighted by atomic mass is 16.5. The van der Waals surface area contributed by atoms with E-state index < -0.39 is 6.10 Å². The quantitative estimate of drug-likeness (QED) is 0.774. The number of rotatable bonds is 3. The van der Waals surface area contributed by atoms with Crippen LogP contribution in [0, 0.1) is 0 Å². The van der Waals surface area contributed by atoms with Crippen molar-refractivity contribution in [3.63, 3.8) is 0 Å². The Hall–Kier alpha value is -1.22. The summed E-state index contributed by atoms with van der Waals surface area (Å²) in [5, 5.41) is 9.49. The maximum Gasteiger partial charge on any atom is 0.128 e. The molecule has 3 heteroatoms. The van der Waals surface area contributed by atoms with Crippen molar-refractivity contribution < 1.29 is 14.6 Å². The Labute approximate surface area is 77.9 Å². The molecular formula is C10H14O3. The average Bonchev–Trinajstić information content (AvgIpc) is 2.16. The van der Waals surface area contributed by atoms with Crippen LogP contribution in [-0.2, 0) is 0 Å². The van der Waals surface area contributed by atoms with Gasteiger partial charge in [-0.25, -0.2) is 0 Å². The maximum absolute atomic E-state index is 9.49. The van der Waals surface area contributed by atoms with E-state index in [0.717, 1.165) is 0 Å². The number of ether oxygens (including phenoxy) is 2. The Morgan fingerprint density at radius 1 is 1.15 bits per heavy atom. The molecule has 1 rings (SSSR count). The molecule has 0 amide bonds. The van der Waals surface area contributed by atoms with Gasteiger partial charge in [0.2, 0.25) is 0 Å². The Balaban J connectivity index is 3.21. The van der Waals surface area contributed by atoms with Crippen LogP contribution in [-0.4, -0.2) is 19.3 Å². The van der Waals surface area contributed by atoms with Crippen LogP contribution in [0.2, 0.25) is 0 Å². The third-order valence-corrected chi connectivity index (χ3v) is 1.88. The molecule has 0 aliphatic carbocycles. The third kappa shape index (κ3) is 1.92. The zero-order valence-corrected chi connectivity index (χ0v) is 8.07. The molecule has 0 fully saturated rings. The van der Waals surface area contributed by atoms with E-state index in [0.29, 0.717) is 17.1 Å². The first kappa shape index (κ1) is 9.86. The van der Waals surface area contributed by atoms with Crippen molar-refractivity contribution in [2.75, 3.05) is 14.2 Å². The van der Waals surface area contributed by atoms with Crippen molar-refractivity contribution in [1.82, 2.24) is 0 Å². The molecule has 1 aromatic rings. The summed E-state index contributed by atoms with van der Waals surface area (Å²) in [6.07, 6.45) is -0.592. The van der Waals surface area contributed by atoms with Gasteiger partial charge in [0.05, 0.1) is 25.9 Å². The molecule has 0 aromatic heterocycles. The lowest BCUT2D eigenvalue weighted by atomic mass is 10.1. The summed E-state index contributed by atoms with van der Waals surface area (Å²) in [5.74, 6) is 1.30. The summed E-state index contributed by atoms with van der Waals surface area (Å²) in [5.41, 5.74) is 0.688. The summed E-state index contributed by atoms with van der Waals surface area (Å²) < 4.78 is 10.2. The van der Waals surface area contributed by atoms with Crippen molar-refractivity contribution in [2.45, 2.75) is 13.0 Å². The van der Waals surface area contributed by atoms with Crippen LogP contribution in [0.4, 0.5) is 0 Å². The van der Waals surface area contributed by atoms with Crippen molar-refractivity contribution in [1.29, 1.82) is 0 Å². The van der Waals surface area contributed by atoms with Gasteiger partial charge in [0.25, 0.3) is 0 Å². The first-order chi connectivity index (χ1) is 6.20. The number of hydrogen-bond acceptors (Lipinski definition) is 3. The molecule has 0 bridgehead atoms. The number of methoxy groups -OCH3 is 2. The standard InChI is InChI=1S/C10H14O3/c1-7(11)10-8(12-2)5-4-6-9(10)13-3/h4-7,11H,1-3H3/t7-/m1/s1. The minimum Gasteiger partial charge on any atom is -0.496 e. The highest BCUT2D eigenvalue weighted by molar-refractivity contribution is 5.45. The molecule has 0 heterocycles. The molecule has 1 atom stereocenters. The topological polar surface area (TPSA) is 38.7 Å². The van der Waals surface area contributed by atoms with Gasteiger partial charge in [-0.15, -0.1) is 0 Å². The Morgan fingerprint density at radius 3 is 1.92 bits per heavy atom. The summed E-state index contributed by atoms with van der Waals surface area (Å²) in [4.78, 5) is 0. The van der Waals surface area contributed by atoms with Gasteiger partial charge in [0.15, 0.2) is 0 Å². The minimum atomic E-state index is -0.592. The fourth-order valence-electron chi connectivity index (χ4n) is 1.29. The predicted molar refractivity (Wildman–Crippen MR) is 50.2 cm³/mol. The van der Waals surface area contributed by atoms with Gasteiger partial charge in [-0.05, 0) is 19.1 Å². The lowest BCUT2D eigenvalue weighted by Gasteiger charge is -2.14. The van der Waals surface area contributed by atoms with E-state index in [1.807, 2.05) is 6.07 Å². The minimum absolute atomic E-state index is 0.592. The smallest absolute Gasteiger partial charge is 0.128 e. The number of hydrogen-bond donors (Lipinski definition) is 1. The Kier molecular flexibility index (Phi) is 3.14. The van der Waals surface area contributed by atoms with Gasteiger partial charge in [-0.3, -0.25) is 0 Å². The molecule has 3 nitrogen and oxygen atoms in total. The molecule has 13 heavy (non-hydrogen) atoms. The summed E-state index contributed by atoms with van der Waals surface area (Å²) in [6.45, 7) is 1.68. The van der Waals surface area contributed by atoms with Gasteiger partial charge < -0.3 is 14.6 Å². The van der Waals surface area contributed by atoms with E-state index in [9.17, 15) is 5.11 Å². The van der Waals surface area contributed by atoms with Crippen LogP contribution in [0.5, 0.6) is 11.5 Å². The maximum atomic E-state index is 9.49. The largest absolute Gasteiger partial charge is 0.496 e. The van der Waals surface area contributed by atoms with Gasteiger partial charge >= 0.3 is 0 Å². The van der Waals surface area contributed by atoms with Gasteiger partial charge in [-0.1, -0.05) is 6.07 Å². The molecule has 0 saturated heterocycles.